The quantitative estimate of drug-likeness (QED) is 0.123. The monoisotopic (exact) mass is 729 g/mol. The van der Waals surface area contributed by atoms with Crippen LogP contribution >= 0.6 is 11.6 Å². The molecule has 0 unspecified atom stereocenters. The normalized spacial score (nSPS) is 18.9. The van der Waals surface area contributed by atoms with Crippen LogP contribution in [-0.4, -0.2) is 83.7 Å². The van der Waals surface area contributed by atoms with E-state index in [0.29, 0.717) is 51.2 Å². The molecule has 0 aromatic carbocycles. The molecule has 5 amide bonds. The van der Waals surface area contributed by atoms with Gasteiger partial charge in [-0.05, 0) is 58.6 Å². The number of rotatable bonds is 7. The Kier molecular flexibility index (Phi) is 8.90. The number of amides is 5. The van der Waals surface area contributed by atoms with E-state index in [1.165, 1.54) is 10.7 Å². The van der Waals surface area contributed by atoms with Crippen LogP contribution < -0.4 is 26.2 Å². The molecule has 0 radical (unpaired) electrons. The van der Waals surface area contributed by atoms with Crippen molar-refractivity contribution in [2.75, 3.05) is 22.6 Å². The molecule has 4 N–H and O–H groups in total. The average Bonchev–Trinajstić information content (AvgIpc) is 3.94. The summed E-state index contributed by atoms with van der Waals surface area (Å²) in [5, 5.41) is 19.9. The van der Waals surface area contributed by atoms with Crippen LogP contribution in [0.3, 0.4) is 0 Å². The predicted molar refractivity (Wildman–Crippen MR) is 190 cm³/mol. The van der Waals surface area contributed by atoms with Crippen LogP contribution in [0.2, 0.25) is 5.15 Å². The first-order chi connectivity index (χ1) is 24.8. The van der Waals surface area contributed by atoms with Crippen molar-refractivity contribution >= 4 is 82.2 Å². The fourth-order valence-electron chi connectivity index (χ4n) is 5.65. The van der Waals surface area contributed by atoms with Gasteiger partial charge < -0.3 is 15.4 Å². The molecule has 18 heteroatoms. The molecule has 0 spiro atoms. The van der Waals surface area contributed by atoms with Crippen molar-refractivity contribution in [1.82, 2.24) is 39.8 Å². The topological polar surface area (TPSA) is 206 Å². The molecule has 0 atom stereocenters. The van der Waals surface area contributed by atoms with Gasteiger partial charge >= 0.3 is 6.09 Å². The molecule has 2 aliphatic carbocycles. The van der Waals surface area contributed by atoms with Gasteiger partial charge in [-0.3, -0.25) is 34.7 Å². The number of carbonyl (C=O) groups excluding carboxylic acids is 5. The number of aromatic nitrogens is 6. The lowest BCUT2D eigenvalue weighted by Crippen LogP contribution is -2.39. The summed E-state index contributed by atoms with van der Waals surface area (Å²) in [5.74, 6) is 0.590. The van der Waals surface area contributed by atoms with E-state index in [9.17, 15) is 24.0 Å². The first kappa shape index (κ1) is 34.6. The Bertz CT molecular complexity index is 2230. The summed E-state index contributed by atoms with van der Waals surface area (Å²) in [6, 6.07) is 3.94. The first-order valence-electron chi connectivity index (χ1n) is 16.8. The average molecular weight is 730 g/mol. The molecular formula is C34H36ClN11O6. The van der Waals surface area contributed by atoms with Gasteiger partial charge in [0.1, 0.15) is 28.2 Å². The van der Waals surface area contributed by atoms with Crippen molar-refractivity contribution in [2.24, 2.45) is 0 Å². The number of fused-ring (bicyclic) bond motifs is 2. The minimum atomic E-state index is -0.651. The van der Waals surface area contributed by atoms with Gasteiger partial charge in [-0.2, -0.15) is 19.2 Å². The lowest BCUT2D eigenvalue weighted by atomic mass is 10.1. The number of imide groups is 2. The fraction of sp³-hybridized carbons (Fsp3) is 0.382. The second kappa shape index (κ2) is 13.4. The van der Waals surface area contributed by atoms with E-state index in [1.54, 1.807) is 61.6 Å². The maximum absolute atomic E-state index is 12.9. The molecule has 4 aromatic heterocycles. The van der Waals surface area contributed by atoms with Crippen molar-refractivity contribution in [3.05, 3.63) is 52.0 Å². The molecule has 8 rings (SSSR count). The largest absolute Gasteiger partial charge is 0.443 e. The Labute approximate surface area is 301 Å². The Balaban J connectivity index is 0.000000166. The number of nitrogens with zero attached hydrogens (tertiary/aromatic N) is 7. The van der Waals surface area contributed by atoms with E-state index < -0.39 is 17.6 Å². The zero-order chi connectivity index (χ0) is 36.9. The highest BCUT2D eigenvalue weighted by Gasteiger charge is 2.38. The van der Waals surface area contributed by atoms with Crippen molar-refractivity contribution in [3.63, 3.8) is 0 Å². The molecule has 6 heterocycles. The minimum absolute atomic E-state index is 0.00393. The number of ether oxygens (including phenoxy) is 1. The van der Waals surface area contributed by atoms with E-state index in [1.807, 2.05) is 6.07 Å². The Morgan fingerprint density at radius 2 is 1.48 bits per heavy atom. The van der Waals surface area contributed by atoms with Gasteiger partial charge in [0.2, 0.25) is 11.8 Å². The highest BCUT2D eigenvalue weighted by molar-refractivity contribution is 6.30. The predicted octanol–water partition coefficient (Wildman–Crippen LogP) is 3.49. The zero-order valence-electron chi connectivity index (χ0n) is 28.8. The molecule has 0 bridgehead atoms. The van der Waals surface area contributed by atoms with Gasteiger partial charge in [-0.1, -0.05) is 11.6 Å². The summed E-state index contributed by atoms with van der Waals surface area (Å²) in [4.78, 5) is 69.6. The van der Waals surface area contributed by atoms with Gasteiger partial charge in [0.15, 0.2) is 11.3 Å². The molecule has 4 fully saturated rings. The lowest BCUT2D eigenvalue weighted by molar-refractivity contribution is -0.125. The SMILES string of the molecule is CC(C)(C)OC(=O)N(c1cc(Cl)nc2c(/C=C3\CC(=O)NC3=O)cnn12)C1CC1.CNc1cc(NC2CC2)n2ncc(/C=C3\CC(=O)NC3=O)c2n1. The third-order valence-corrected chi connectivity index (χ3v) is 8.53. The van der Waals surface area contributed by atoms with Crippen molar-refractivity contribution in [1.29, 1.82) is 0 Å². The molecule has 4 aliphatic rings. The van der Waals surface area contributed by atoms with Gasteiger partial charge in [-0.25, -0.2) is 14.8 Å². The maximum Gasteiger partial charge on any atom is 0.416 e. The van der Waals surface area contributed by atoms with Gasteiger partial charge in [0.25, 0.3) is 11.8 Å². The molecule has 2 saturated carbocycles. The molecular weight excluding hydrogens is 694 g/mol. The third-order valence-electron chi connectivity index (χ3n) is 8.33. The summed E-state index contributed by atoms with van der Waals surface area (Å²) < 4.78 is 8.78. The Morgan fingerprint density at radius 1 is 0.904 bits per heavy atom. The molecule has 4 aromatic rings. The van der Waals surface area contributed by atoms with Crippen LogP contribution in [0.5, 0.6) is 0 Å². The smallest absolute Gasteiger partial charge is 0.416 e. The molecule has 2 saturated heterocycles. The van der Waals surface area contributed by atoms with E-state index in [-0.39, 0.29) is 41.8 Å². The maximum atomic E-state index is 12.9. The van der Waals surface area contributed by atoms with E-state index >= 15 is 0 Å². The number of anilines is 3. The third kappa shape index (κ3) is 7.44. The van der Waals surface area contributed by atoms with Crippen molar-refractivity contribution in [3.8, 4) is 0 Å². The second-order valence-electron chi connectivity index (χ2n) is 13.8. The number of carbonyl (C=O) groups is 5. The van der Waals surface area contributed by atoms with Crippen LogP contribution in [0.1, 0.15) is 70.4 Å². The summed E-state index contributed by atoms with van der Waals surface area (Å²) in [5.41, 5.74) is 2.34. The van der Waals surface area contributed by atoms with Crippen LogP contribution in [0.4, 0.5) is 22.2 Å². The van der Waals surface area contributed by atoms with E-state index in [0.717, 1.165) is 31.5 Å². The van der Waals surface area contributed by atoms with Crippen molar-refractivity contribution in [2.45, 2.75) is 77.0 Å². The number of hydrogen-bond acceptors (Lipinski definition) is 12. The Morgan fingerprint density at radius 3 is 1.98 bits per heavy atom. The number of halogens is 1. The number of hydrogen-bond donors (Lipinski definition) is 4. The summed E-state index contributed by atoms with van der Waals surface area (Å²) >= 11 is 6.24. The van der Waals surface area contributed by atoms with Crippen LogP contribution in [0.25, 0.3) is 23.4 Å². The molecule has 52 heavy (non-hydrogen) atoms. The molecule has 2 aliphatic heterocycles. The number of nitrogens with one attached hydrogen (secondary N) is 4. The molecule has 17 nitrogen and oxygen atoms in total. The summed E-state index contributed by atoms with van der Waals surface area (Å²) in [6.07, 6.45) is 10.0. The lowest BCUT2D eigenvalue weighted by Gasteiger charge is -2.27. The first-order valence-corrected chi connectivity index (χ1v) is 17.1. The second-order valence-corrected chi connectivity index (χ2v) is 14.2. The molecule has 270 valence electrons. The highest BCUT2D eigenvalue weighted by atomic mass is 35.5. The van der Waals surface area contributed by atoms with Crippen LogP contribution in [0, 0.1) is 0 Å². The Hall–Kier alpha value is -5.84. The van der Waals surface area contributed by atoms with Gasteiger partial charge in [-0.15, -0.1) is 0 Å². The summed E-state index contributed by atoms with van der Waals surface area (Å²) in [7, 11) is 1.80. The van der Waals surface area contributed by atoms with Gasteiger partial charge in [0, 0.05) is 53.5 Å². The van der Waals surface area contributed by atoms with Crippen LogP contribution in [-0.2, 0) is 23.9 Å². The summed E-state index contributed by atoms with van der Waals surface area (Å²) in [6.45, 7) is 5.41. The van der Waals surface area contributed by atoms with E-state index in [2.05, 4.69) is 41.4 Å². The fourth-order valence-corrected chi connectivity index (χ4v) is 5.83. The van der Waals surface area contributed by atoms with E-state index in [4.69, 9.17) is 16.3 Å². The highest BCUT2D eigenvalue weighted by Crippen LogP contribution is 2.35. The van der Waals surface area contributed by atoms with Crippen LogP contribution in [0.15, 0.2) is 35.7 Å². The zero-order valence-corrected chi connectivity index (χ0v) is 29.6. The van der Waals surface area contributed by atoms with Crippen molar-refractivity contribution < 1.29 is 28.7 Å². The minimum Gasteiger partial charge on any atom is -0.443 e. The standard InChI is InChI=1S/C19H20ClN5O4.C15H16N6O2/c1-19(2,3)29-18(28)24(12-4-5-12)15-8-13(20)22-16-11(9-21-25(15)16)6-10-7-14(26)23-17(10)27;1-16-11-6-12(18-10-2-3-10)21-14(19-11)9(7-17-21)4-8-5-13(22)20-15(8)23/h6,8-9,12H,4-5,7H2,1-3H3,(H,23,26,27);4,6-7,10,18H,2-3,5H2,1H3,(H,16,19)(H,20,22,23)/b10-6+;8-4+. The van der Waals surface area contributed by atoms with Gasteiger partial charge in [0.05, 0.1) is 25.2 Å².